The lowest BCUT2D eigenvalue weighted by Crippen LogP contribution is -2.27. The minimum Gasteiger partial charge on any atom is -0.478 e. The molecular weight excluding hydrogens is 1040 g/mol. The van der Waals surface area contributed by atoms with Gasteiger partial charge < -0.3 is 33.5 Å². The zero-order valence-electron chi connectivity index (χ0n) is 44.8. The molecule has 0 aromatic carbocycles. The number of carbonyl (C=O) groups is 8. The SMILES string of the molecule is C.C=C.CC(C)(C)/C=C(/C(=O)O)c1csc(NC(=O)OC(C)(C)C)n1.CCOC(=O)/C(=C\C(=O)OC(C)(C)C)c1csc(NC(=O)OC(C)(C)C)n1.CCOC(=O)C(=O)c1csc(NC(=O)OC(C)(C)C)n1.O=C=O. The number of ether oxygens (including phenoxy) is 6. The van der Waals surface area contributed by atoms with Gasteiger partial charge in [-0.2, -0.15) is 9.59 Å². The first-order valence-corrected chi connectivity index (χ1v) is 24.6. The molecule has 4 N–H and O–H groups in total. The van der Waals surface area contributed by atoms with Crippen molar-refractivity contribution in [2.24, 2.45) is 5.41 Å². The third-order valence-electron chi connectivity index (χ3n) is 6.55. The molecule has 0 fully saturated rings. The summed E-state index contributed by atoms with van der Waals surface area (Å²) in [7, 11) is 0. The molecule has 0 spiro atoms. The molecule has 75 heavy (non-hydrogen) atoms. The number of anilines is 3. The van der Waals surface area contributed by atoms with E-state index in [1.54, 1.807) is 108 Å². The van der Waals surface area contributed by atoms with Gasteiger partial charge in [0.1, 0.15) is 28.1 Å². The highest BCUT2D eigenvalue weighted by atomic mass is 32.1. The predicted octanol–water partition coefficient (Wildman–Crippen LogP) is 10.9. The number of hydrogen-bond donors (Lipinski definition) is 4. The molecule has 0 radical (unpaired) electrons. The zero-order valence-corrected chi connectivity index (χ0v) is 47.2. The zero-order chi connectivity index (χ0) is 58.0. The van der Waals surface area contributed by atoms with Gasteiger partial charge in [-0.3, -0.25) is 20.7 Å². The van der Waals surface area contributed by atoms with Gasteiger partial charge in [-0.1, -0.05) is 34.3 Å². The molecule has 418 valence electrons. The van der Waals surface area contributed by atoms with Crippen molar-refractivity contribution in [3.8, 4) is 0 Å². The van der Waals surface area contributed by atoms with E-state index >= 15 is 0 Å². The third-order valence-corrected chi connectivity index (χ3v) is 8.83. The second-order valence-electron chi connectivity index (χ2n) is 19.2. The Morgan fingerprint density at radius 2 is 0.867 bits per heavy atom. The van der Waals surface area contributed by atoms with Gasteiger partial charge in [0.05, 0.1) is 35.7 Å². The van der Waals surface area contributed by atoms with Gasteiger partial charge in [0, 0.05) is 22.2 Å². The Kier molecular flexibility index (Phi) is 31.6. The first kappa shape index (κ1) is 72.1. The van der Waals surface area contributed by atoms with Crippen LogP contribution in [-0.4, -0.2) is 110 Å². The molecule has 26 heteroatoms. The van der Waals surface area contributed by atoms with Crippen molar-refractivity contribution in [3.63, 3.8) is 0 Å². The number of aliphatic carboxylic acids is 1. The Balaban J connectivity index is -0.000000996. The lowest BCUT2D eigenvalue weighted by Gasteiger charge is -2.19. The molecule has 3 rings (SSSR count). The number of carboxylic acids is 1. The Morgan fingerprint density at radius 1 is 0.560 bits per heavy atom. The van der Waals surface area contributed by atoms with E-state index in [2.05, 4.69) is 48.8 Å². The van der Waals surface area contributed by atoms with Gasteiger partial charge >= 0.3 is 48.3 Å². The molecule has 0 saturated heterocycles. The van der Waals surface area contributed by atoms with Crippen LogP contribution in [0.15, 0.2) is 41.5 Å². The van der Waals surface area contributed by atoms with Crippen molar-refractivity contribution in [1.29, 1.82) is 0 Å². The second kappa shape index (κ2) is 32.9. The highest BCUT2D eigenvalue weighted by Gasteiger charge is 2.26. The Hall–Kier alpha value is -7.15. The minimum atomic E-state index is -1.05. The molecule has 0 aliphatic rings. The summed E-state index contributed by atoms with van der Waals surface area (Å²) in [5.74, 6) is -4.27. The number of nitrogens with zero attached hydrogens (tertiary/aromatic N) is 3. The van der Waals surface area contributed by atoms with Crippen LogP contribution >= 0.6 is 34.0 Å². The smallest absolute Gasteiger partial charge is 0.413 e. The number of esters is 3. The van der Waals surface area contributed by atoms with Crippen LogP contribution in [-0.2, 0) is 57.2 Å². The van der Waals surface area contributed by atoms with Crippen LogP contribution in [0.3, 0.4) is 0 Å². The van der Waals surface area contributed by atoms with E-state index in [1.807, 2.05) is 20.8 Å². The second-order valence-corrected chi connectivity index (χ2v) is 21.7. The van der Waals surface area contributed by atoms with Crippen LogP contribution in [0.1, 0.15) is 147 Å². The van der Waals surface area contributed by atoms with Crippen molar-refractivity contribution in [3.05, 3.63) is 58.5 Å². The van der Waals surface area contributed by atoms with Crippen molar-refractivity contribution in [2.45, 2.75) is 148 Å². The fourth-order valence-corrected chi connectivity index (χ4v) is 6.46. The lowest BCUT2D eigenvalue weighted by molar-refractivity contribution is -0.192. The number of allylic oxidation sites excluding steroid dienone is 1. The number of carboxylic acid groups (broad SMARTS) is 1. The quantitative estimate of drug-likeness (QED) is 0.0327. The summed E-state index contributed by atoms with van der Waals surface area (Å²) in [6.07, 6.45) is 0.960. The highest BCUT2D eigenvalue weighted by Crippen LogP contribution is 2.28. The first-order valence-electron chi connectivity index (χ1n) is 22.0. The van der Waals surface area contributed by atoms with Gasteiger partial charge in [0.2, 0.25) is 0 Å². The molecule has 0 atom stereocenters. The van der Waals surface area contributed by atoms with Crippen LogP contribution in [0.4, 0.5) is 29.8 Å². The summed E-state index contributed by atoms with van der Waals surface area (Å²) in [6, 6.07) is 0. The summed E-state index contributed by atoms with van der Waals surface area (Å²) in [5, 5.41) is 21.9. The number of amides is 3. The Labute approximate surface area is 449 Å². The maximum absolute atomic E-state index is 12.2. The number of thiazole rings is 3. The van der Waals surface area contributed by atoms with Crippen molar-refractivity contribution >= 4 is 115 Å². The number of hydrogen-bond acceptors (Lipinski definition) is 22. The van der Waals surface area contributed by atoms with Gasteiger partial charge in [-0.25, -0.2) is 48.5 Å². The average Bonchev–Trinajstić information content (AvgIpc) is 3.99. The molecule has 3 amide bonds. The standard InChI is InChI=1S/C18H26N2O6S.C15H22N2O4S.C12H16N2O5S.C2H4.CO2.CH4/c1-8-24-14(22)11(9-13(21)25-17(2,3)4)12-10-27-15(19-12)20-16(23)26-18(5,6)7;1-14(2,3)7-9(11(18)19)10-8-22-12(16-10)17-13(20)21-15(4,5)6;1-5-18-9(16)8(15)7-6-20-10(13-7)14-11(17)19-12(2,3)4;1-2;2-1-3;/h9-10H,8H2,1-7H3,(H,19,20,23);7-8H,1-6H3,(H,18,19)(H,16,17,20);6H,5H2,1-4H3,(H,13,14,17);1-2H2;;1H4/b11-9-;9-7+;;;;. The molecule has 23 nitrogen and oxygen atoms in total. The minimum absolute atomic E-state index is 0. The van der Waals surface area contributed by atoms with E-state index in [9.17, 15) is 43.5 Å². The van der Waals surface area contributed by atoms with E-state index in [1.165, 1.54) is 10.8 Å². The third kappa shape index (κ3) is 34.1. The summed E-state index contributed by atoms with van der Waals surface area (Å²) in [5.41, 5.74) is -2.41. The maximum atomic E-state index is 12.2. The molecule has 0 bridgehead atoms. The van der Waals surface area contributed by atoms with Crippen molar-refractivity contribution in [1.82, 2.24) is 15.0 Å². The molecular formula is C49H72N6O17S3. The summed E-state index contributed by atoms with van der Waals surface area (Å²) < 4.78 is 30.1. The Morgan fingerprint density at radius 3 is 1.17 bits per heavy atom. The van der Waals surface area contributed by atoms with Gasteiger partial charge in [0.25, 0.3) is 5.78 Å². The predicted molar refractivity (Wildman–Crippen MR) is 285 cm³/mol. The van der Waals surface area contributed by atoms with Gasteiger partial charge in [-0.05, 0) is 102 Å². The van der Waals surface area contributed by atoms with E-state index in [4.69, 9.17) is 33.3 Å². The maximum Gasteiger partial charge on any atom is 0.413 e. The molecule has 3 heterocycles. The average molecular weight is 1110 g/mol. The lowest BCUT2D eigenvalue weighted by atomic mass is 9.93. The van der Waals surface area contributed by atoms with E-state index in [-0.39, 0.29) is 65.0 Å². The summed E-state index contributed by atoms with van der Waals surface area (Å²) in [6.45, 7) is 36.0. The summed E-state index contributed by atoms with van der Waals surface area (Å²) >= 11 is 3.25. The normalized spacial score (nSPS) is 11.3. The molecule has 0 aliphatic heterocycles. The Bertz CT molecular complexity index is 2470. The number of nitrogens with one attached hydrogen (secondary N) is 3. The van der Waals surface area contributed by atoms with Crippen LogP contribution < -0.4 is 16.0 Å². The van der Waals surface area contributed by atoms with E-state index < -0.39 is 70.3 Å². The van der Waals surface area contributed by atoms with Crippen molar-refractivity contribution < 1.29 is 81.5 Å². The van der Waals surface area contributed by atoms with Crippen LogP contribution in [0, 0.1) is 5.41 Å². The highest BCUT2D eigenvalue weighted by molar-refractivity contribution is 7.14. The van der Waals surface area contributed by atoms with Gasteiger partial charge in [-0.15, -0.1) is 47.2 Å². The topological polar surface area (TPSA) is 321 Å². The van der Waals surface area contributed by atoms with Crippen LogP contribution in [0.25, 0.3) is 11.1 Å². The number of aromatic nitrogens is 3. The molecule has 0 saturated carbocycles. The molecule has 3 aromatic rings. The van der Waals surface area contributed by atoms with Crippen molar-refractivity contribution in [2.75, 3.05) is 29.2 Å². The van der Waals surface area contributed by atoms with Crippen LogP contribution in [0.2, 0.25) is 0 Å². The number of ketones is 1. The number of carbonyl (C=O) groups excluding carboxylic acids is 9. The molecule has 3 aromatic heterocycles. The molecule has 0 unspecified atom stereocenters. The number of rotatable bonds is 12. The molecule has 0 aliphatic carbocycles. The monoisotopic (exact) mass is 1110 g/mol. The first-order chi connectivity index (χ1) is 33.8. The fourth-order valence-electron chi connectivity index (χ4n) is 4.39. The van der Waals surface area contributed by atoms with Gasteiger partial charge in [0.15, 0.2) is 15.4 Å². The fraction of sp³-hybridized carbons (Fsp3) is 0.510. The summed E-state index contributed by atoms with van der Waals surface area (Å²) in [4.78, 5) is 122. The van der Waals surface area contributed by atoms with E-state index in [0.29, 0.717) is 10.8 Å². The van der Waals surface area contributed by atoms with Crippen LogP contribution in [0.5, 0.6) is 0 Å². The number of Topliss-reactive ketones (excluding diaryl/α,β-unsaturated/α-hetero) is 1. The largest absolute Gasteiger partial charge is 0.478 e. The van der Waals surface area contributed by atoms with E-state index in [0.717, 1.165) is 40.1 Å².